The number of anilines is 1. The van der Waals surface area contributed by atoms with Gasteiger partial charge in [0, 0.05) is 18.7 Å². The third kappa shape index (κ3) is 4.89. The van der Waals surface area contributed by atoms with E-state index >= 15 is 0 Å². The highest BCUT2D eigenvalue weighted by Gasteiger charge is 2.30. The molecule has 1 aromatic heterocycles. The number of rotatable bonds is 3. The minimum absolute atomic E-state index is 0.0526. The maximum absolute atomic E-state index is 14.4. The molecular weight excluding hydrogens is 434 g/mol. The van der Waals surface area contributed by atoms with Crippen molar-refractivity contribution in [1.82, 2.24) is 15.4 Å². The molecule has 1 aliphatic rings. The second kappa shape index (κ2) is 8.68. The van der Waals surface area contributed by atoms with Crippen LogP contribution in [0.15, 0.2) is 40.9 Å². The zero-order valence-electron chi connectivity index (χ0n) is 18.4. The molecular formula is C23H24F2N4O4. The Morgan fingerprint density at radius 1 is 1.15 bits per heavy atom. The summed E-state index contributed by atoms with van der Waals surface area (Å²) in [6.45, 7) is 5.98. The summed E-state index contributed by atoms with van der Waals surface area (Å²) in [5.41, 5.74) is -0.366. The normalized spacial score (nSPS) is 16.2. The quantitative estimate of drug-likeness (QED) is 0.582. The number of alkyl carbamates (subject to hydrolysis) is 1. The van der Waals surface area contributed by atoms with E-state index in [2.05, 4.69) is 15.8 Å². The Morgan fingerprint density at radius 2 is 1.85 bits per heavy atom. The van der Waals surface area contributed by atoms with Crippen molar-refractivity contribution in [3.8, 4) is 11.1 Å². The van der Waals surface area contributed by atoms with Gasteiger partial charge in [-0.15, -0.1) is 0 Å². The molecule has 0 saturated carbocycles. The van der Waals surface area contributed by atoms with Gasteiger partial charge >= 0.3 is 12.1 Å². The van der Waals surface area contributed by atoms with Crippen molar-refractivity contribution in [1.29, 1.82) is 0 Å². The molecule has 33 heavy (non-hydrogen) atoms. The number of hydrogen-bond acceptors (Lipinski definition) is 5. The molecule has 1 saturated heterocycles. The van der Waals surface area contributed by atoms with Gasteiger partial charge in [-0.25, -0.2) is 18.4 Å². The second-order valence-corrected chi connectivity index (χ2v) is 8.81. The monoisotopic (exact) mass is 458 g/mol. The van der Waals surface area contributed by atoms with Crippen molar-refractivity contribution in [2.75, 3.05) is 18.4 Å². The lowest BCUT2D eigenvalue weighted by molar-refractivity contribution is 0.0506. The Morgan fingerprint density at radius 3 is 2.55 bits per heavy atom. The second-order valence-electron chi connectivity index (χ2n) is 8.81. The fourth-order valence-corrected chi connectivity index (χ4v) is 3.76. The van der Waals surface area contributed by atoms with Gasteiger partial charge in [0.2, 0.25) is 0 Å². The number of halogens is 2. The van der Waals surface area contributed by atoms with Crippen molar-refractivity contribution in [2.45, 2.75) is 38.8 Å². The average molecular weight is 458 g/mol. The Bertz CT molecular complexity index is 1180. The van der Waals surface area contributed by atoms with Gasteiger partial charge in [0.05, 0.1) is 17.0 Å². The number of urea groups is 1. The van der Waals surface area contributed by atoms with Gasteiger partial charge in [0.15, 0.2) is 11.4 Å². The van der Waals surface area contributed by atoms with E-state index in [0.29, 0.717) is 13.0 Å². The highest BCUT2D eigenvalue weighted by Crippen LogP contribution is 2.36. The molecule has 1 atom stereocenters. The van der Waals surface area contributed by atoms with Gasteiger partial charge in [-0.1, -0.05) is 23.4 Å². The number of likely N-dealkylation sites (tertiary alicyclic amines) is 1. The third-order valence-electron chi connectivity index (χ3n) is 5.15. The van der Waals surface area contributed by atoms with Gasteiger partial charge < -0.3 is 19.5 Å². The molecule has 4 rings (SSSR count). The van der Waals surface area contributed by atoms with Crippen LogP contribution in [0.2, 0.25) is 0 Å². The maximum atomic E-state index is 14.4. The van der Waals surface area contributed by atoms with Crippen molar-refractivity contribution < 1.29 is 27.6 Å². The number of benzene rings is 2. The number of ether oxygens (including phenoxy) is 1. The van der Waals surface area contributed by atoms with Gasteiger partial charge in [-0.2, -0.15) is 0 Å². The van der Waals surface area contributed by atoms with Crippen LogP contribution in [0.3, 0.4) is 0 Å². The summed E-state index contributed by atoms with van der Waals surface area (Å²) >= 11 is 0. The first-order chi connectivity index (χ1) is 15.6. The number of aromatic nitrogens is 1. The molecule has 1 aliphatic heterocycles. The van der Waals surface area contributed by atoms with E-state index in [1.165, 1.54) is 17.0 Å². The number of carbonyl (C=O) groups excluding carboxylic acids is 2. The van der Waals surface area contributed by atoms with Crippen LogP contribution < -0.4 is 10.6 Å². The number of nitrogens with zero attached hydrogens (tertiary/aromatic N) is 2. The Hall–Kier alpha value is -3.69. The van der Waals surface area contributed by atoms with Crippen LogP contribution in [0.5, 0.6) is 0 Å². The smallest absolute Gasteiger partial charge is 0.407 e. The molecule has 1 fully saturated rings. The molecule has 2 heterocycles. The summed E-state index contributed by atoms with van der Waals surface area (Å²) in [5, 5.41) is 9.59. The fourth-order valence-electron chi connectivity index (χ4n) is 3.76. The van der Waals surface area contributed by atoms with Crippen LogP contribution in [-0.4, -0.2) is 46.9 Å². The largest absolute Gasteiger partial charge is 0.444 e. The van der Waals surface area contributed by atoms with E-state index in [1.807, 2.05) is 0 Å². The molecule has 174 valence electrons. The molecule has 10 heteroatoms. The van der Waals surface area contributed by atoms with E-state index in [-0.39, 0.29) is 40.5 Å². The average Bonchev–Trinajstić information content (AvgIpc) is 3.34. The van der Waals surface area contributed by atoms with Crippen LogP contribution in [0.25, 0.3) is 22.1 Å². The van der Waals surface area contributed by atoms with Crippen molar-refractivity contribution in [3.63, 3.8) is 0 Å². The molecule has 3 aromatic rings. The van der Waals surface area contributed by atoms with Crippen molar-refractivity contribution in [2.24, 2.45) is 0 Å². The molecule has 0 spiro atoms. The summed E-state index contributed by atoms with van der Waals surface area (Å²) in [6.07, 6.45) is 0.00609. The van der Waals surface area contributed by atoms with Crippen LogP contribution in [-0.2, 0) is 4.74 Å². The summed E-state index contributed by atoms with van der Waals surface area (Å²) < 4.78 is 39.4. The Balaban J connectivity index is 1.51. The Labute approximate surface area is 188 Å². The number of nitrogens with one attached hydrogen (secondary N) is 2. The standard InChI is InChI=1S/C23H24F2N4O4/c1-23(2,3)32-22(31)26-13-10-11-29(12-13)21(30)27-20-19-14(6-4-9-17(19)33-28-20)18-15(24)7-5-8-16(18)25/h4-9,13H,10-12H2,1-3H3,(H,26,31)(H,27,28,30)/t13-/m0/s1. The minimum Gasteiger partial charge on any atom is -0.444 e. The molecule has 0 aliphatic carbocycles. The topological polar surface area (TPSA) is 96.7 Å². The maximum Gasteiger partial charge on any atom is 0.407 e. The van der Waals surface area contributed by atoms with E-state index < -0.39 is 29.4 Å². The van der Waals surface area contributed by atoms with E-state index in [9.17, 15) is 18.4 Å². The Kier molecular flexibility index (Phi) is 5.92. The molecule has 8 nitrogen and oxygen atoms in total. The van der Waals surface area contributed by atoms with Crippen LogP contribution in [0.1, 0.15) is 27.2 Å². The van der Waals surface area contributed by atoms with Crippen LogP contribution in [0.4, 0.5) is 24.2 Å². The number of amides is 3. The van der Waals surface area contributed by atoms with Gasteiger partial charge in [-0.3, -0.25) is 5.32 Å². The predicted molar refractivity (Wildman–Crippen MR) is 118 cm³/mol. The molecule has 0 bridgehead atoms. The molecule has 0 unspecified atom stereocenters. The number of hydrogen-bond donors (Lipinski definition) is 2. The first-order valence-corrected chi connectivity index (χ1v) is 10.5. The number of carbonyl (C=O) groups is 2. The summed E-state index contributed by atoms with van der Waals surface area (Å²) in [6, 6.07) is 7.58. The fraction of sp³-hybridized carbons (Fsp3) is 0.348. The van der Waals surface area contributed by atoms with Gasteiger partial charge in [0.1, 0.15) is 17.2 Å². The first kappa shape index (κ1) is 22.5. The third-order valence-corrected chi connectivity index (χ3v) is 5.15. The SMILES string of the molecule is CC(C)(C)OC(=O)N[C@H]1CCN(C(=O)Nc2noc3cccc(-c4c(F)cccc4F)c23)C1. The molecule has 2 N–H and O–H groups in total. The van der Waals surface area contributed by atoms with Crippen molar-refractivity contribution in [3.05, 3.63) is 48.0 Å². The van der Waals surface area contributed by atoms with E-state index in [1.54, 1.807) is 32.9 Å². The summed E-state index contributed by atoms with van der Waals surface area (Å²) in [7, 11) is 0. The lowest BCUT2D eigenvalue weighted by atomic mass is 10.0. The minimum atomic E-state index is -0.739. The van der Waals surface area contributed by atoms with Gasteiger partial charge in [-0.05, 0) is 45.4 Å². The molecule has 3 amide bonds. The number of fused-ring (bicyclic) bond motifs is 1. The highest BCUT2D eigenvalue weighted by molar-refractivity contribution is 6.05. The summed E-state index contributed by atoms with van der Waals surface area (Å²) in [5.74, 6) is -1.43. The zero-order valence-corrected chi connectivity index (χ0v) is 18.4. The lowest BCUT2D eigenvalue weighted by Gasteiger charge is -2.22. The lowest BCUT2D eigenvalue weighted by Crippen LogP contribution is -2.42. The van der Waals surface area contributed by atoms with E-state index in [0.717, 1.165) is 12.1 Å². The van der Waals surface area contributed by atoms with E-state index in [4.69, 9.17) is 9.26 Å². The first-order valence-electron chi connectivity index (χ1n) is 10.5. The van der Waals surface area contributed by atoms with Crippen molar-refractivity contribution >= 4 is 28.9 Å². The predicted octanol–water partition coefficient (Wildman–Crippen LogP) is 4.90. The van der Waals surface area contributed by atoms with Crippen LogP contribution >= 0.6 is 0 Å². The summed E-state index contributed by atoms with van der Waals surface area (Å²) in [4.78, 5) is 26.3. The van der Waals surface area contributed by atoms with Gasteiger partial charge in [0.25, 0.3) is 0 Å². The zero-order chi connectivity index (χ0) is 23.8. The molecule has 0 radical (unpaired) electrons. The van der Waals surface area contributed by atoms with Crippen LogP contribution in [0, 0.1) is 11.6 Å². The highest BCUT2D eigenvalue weighted by atomic mass is 19.1. The molecule has 2 aromatic carbocycles.